The number of aliphatic hydroxyl groups excluding tert-OH is 1. The Balaban J connectivity index is 2.07. The van der Waals surface area contributed by atoms with Gasteiger partial charge >= 0.3 is 0 Å². The van der Waals surface area contributed by atoms with E-state index in [4.69, 9.17) is 4.42 Å². The Morgan fingerprint density at radius 1 is 1.22 bits per heavy atom. The van der Waals surface area contributed by atoms with Crippen molar-refractivity contribution in [1.82, 2.24) is 4.98 Å². The number of halogens is 1. The number of para-hydroxylation sites is 1. The number of nitrogens with zero attached hydrogens (tertiary/aromatic N) is 1. The van der Waals surface area contributed by atoms with E-state index in [1.165, 1.54) is 6.26 Å². The molecule has 0 saturated carbocycles. The highest BCUT2D eigenvalue weighted by Gasteiger charge is 2.17. The first-order chi connectivity index (χ1) is 8.75. The van der Waals surface area contributed by atoms with Crippen molar-refractivity contribution in [3.05, 3.63) is 64.7 Å². The fourth-order valence-corrected chi connectivity index (χ4v) is 2.31. The van der Waals surface area contributed by atoms with E-state index in [9.17, 15) is 5.11 Å². The van der Waals surface area contributed by atoms with Gasteiger partial charge < -0.3 is 9.52 Å². The number of hydrogen-bond donors (Lipinski definition) is 1. The molecule has 90 valence electrons. The number of aromatic nitrogens is 1. The monoisotopic (exact) mass is 303 g/mol. The molecule has 0 aliphatic rings. The number of hydrogen-bond acceptors (Lipinski definition) is 3. The van der Waals surface area contributed by atoms with Crippen molar-refractivity contribution in [3.63, 3.8) is 0 Å². The third kappa shape index (κ3) is 1.94. The first-order valence-electron chi connectivity index (χ1n) is 5.51. The number of rotatable bonds is 2. The second-order valence-corrected chi connectivity index (χ2v) is 4.85. The van der Waals surface area contributed by atoms with Crippen LogP contribution in [0.3, 0.4) is 0 Å². The molecule has 0 spiro atoms. The number of pyridine rings is 1. The van der Waals surface area contributed by atoms with E-state index >= 15 is 0 Å². The van der Waals surface area contributed by atoms with Crippen LogP contribution in [-0.2, 0) is 0 Å². The molecular formula is C14H10BrNO2. The van der Waals surface area contributed by atoms with Crippen LogP contribution in [0.25, 0.3) is 10.9 Å². The van der Waals surface area contributed by atoms with Crippen LogP contribution in [0.5, 0.6) is 0 Å². The number of benzene rings is 1. The van der Waals surface area contributed by atoms with Gasteiger partial charge in [0.1, 0.15) is 6.10 Å². The Hall–Kier alpha value is -1.65. The molecule has 0 fully saturated rings. The molecule has 1 unspecified atom stereocenters. The summed E-state index contributed by atoms with van der Waals surface area (Å²) in [6.45, 7) is 0. The topological polar surface area (TPSA) is 46.3 Å². The SMILES string of the molecule is OC(c1cnc2ccccc2c1)c1occc1Br. The van der Waals surface area contributed by atoms with Gasteiger partial charge in [-0.25, -0.2) is 0 Å². The zero-order valence-corrected chi connectivity index (χ0v) is 11.0. The highest BCUT2D eigenvalue weighted by atomic mass is 79.9. The summed E-state index contributed by atoms with van der Waals surface area (Å²) in [7, 11) is 0. The minimum absolute atomic E-state index is 0.493. The molecule has 0 aliphatic heterocycles. The second kappa shape index (κ2) is 4.55. The van der Waals surface area contributed by atoms with Crippen LogP contribution >= 0.6 is 15.9 Å². The zero-order chi connectivity index (χ0) is 12.5. The van der Waals surface area contributed by atoms with Gasteiger partial charge in [0.15, 0.2) is 5.76 Å². The summed E-state index contributed by atoms with van der Waals surface area (Å²) in [4.78, 5) is 4.32. The van der Waals surface area contributed by atoms with E-state index in [0.717, 1.165) is 15.4 Å². The van der Waals surface area contributed by atoms with Crippen LogP contribution in [-0.4, -0.2) is 10.1 Å². The van der Waals surface area contributed by atoms with Crippen molar-refractivity contribution in [2.75, 3.05) is 0 Å². The maximum atomic E-state index is 10.3. The average Bonchev–Trinajstić information content (AvgIpc) is 2.83. The first kappa shape index (κ1) is 11.4. The minimum atomic E-state index is -0.813. The summed E-state index contributed by atoms with van der Waals surface area (Å²) in [5.74, 6) is 0.493. The molecule has 1 N–H and O–H groups in total. The van der Waals surface area contributed by atoms with Crippen molar-refractivity contribution in [2.24, 2.45) is 0 Å². The molecule has 3 nitrogen and oxygen atoms in total. The third-order valence-electron chi connectivity index (χ3n) is 2.82. The Morgan fingerprint density at radius 2 is 2.06 bits per heavy atom. The summed E-state index contributed by atoms with van der Waals surface area (Å²) in [5, 5.41) is 11.3. The van der Waals surface area contributed by atoms with Crippen LogP contribution in [0.15, 0.2) is 57.7 Å². The summed E-state index contributed by atoms with van der Waals surface area (Å²) >= 11 is 3.34. The van der Waals surface area contributed by atoms with Gasteiger partial charge in [0.25, 0.3) is 0 Å². The van der Waals surface area contributed by atoms with Gasteiger partial charge in [0, 0.05) is 17.1 Å². The lowest BCUT2D eigenvalue weighted by Crippen LogP contribution is -1.99. The van der Waals surface area contributed by atoms with Gasteiger partial charge in [-0.1, -0.05) is 18.2 Å². The summed E-state index contributed by atoms with van der Waals surface area (Å²) in [6, 6.07) is 11.5. The van der Waals surface area contributed by atoms with E-state index in [2.05, 4.69) is 20.9 Å². The minimum Gasteiger partial charge on any atom is -0.465 e. The van der Waals surface area contributed by atoms with Gasteiger partial charge in [-0.05, 0) is 34.1 Å². The van der Waals surface area contributed by atoms with Gasteiger partial charge in [-0.2, -0.15) is 0 Å². The van der Waals surface area contributed by atoms with E-state index in [-0.39, 0.29) is 0 Å². The second-order valence-electron chi connectivity index (χ2n) is 4.00. The van der Waals surface area contributed by atoms with E-state index < -0.39 is 6.10 Å². The average molecular weight is 304 g/mol. The lowest BCUT2D eigenvalue weighted by Gasteiger charge is -2.09. The van der Waals surface area contributed by atoms with Crippen molar-refractivity contribution < 1.29 is 9.52 Å². The molecule has 0 radical (unpaired) electrons. The third-order valence-corrected chi connectivity index (χ3v) is 3.48. The number of aliphatic hydroxyl groups is 1. The molecule has 4 heteroatoms. The fourth-order valence-electron chi connectivity index (χ4n) is 1.89. The summed E-state index contributed by atoms with van der Waals surface area (Å²) in [6.07, 6.45) is 2.39. The molecule has 0 amide bonds. The van der Waals surface area contributed by atoms with Crippen LogP contribution in [0.1, 0.15) is 17.4 Å². The van der Waals surface area contributed by atoms with Crippen LogP contribution in [0, 0.1) is 0 Å². The molecule has 0 saturated heterocycles. The predicted octanol–water partition coefficient (Wildman–Crippen LogP) is 3.67. The quantitative estimate of drug-likeness (QED) is 0.785. The highest BCUT2D eigenvalue weighted by molar-refractivity contribution is 9.10. The maximum absolute atomic E-state index is 10.3. The summed E-state index contributed by atoms with van der Waals surface area (Å²) < 4.78 is 6.02. The molecule has 0 aliphatic carbocycles. The van der Waals surface area contributed by atoms with Crippen LogP contribution in [0.4, 0.5) is 0 Å². The maximum Gasteiger partial charge on any atom is 0.151 e. The van der Waals surface area contributed by atoms with Crippen molar-refractivity contribution in [1.29, 1.82) is 0 Å². The number of fused-ring (bicyclic) bond motifs is 1. The van der Waals surface area contributed by atoms with Gasteiger partial charge in [0.05, 0.1) is 16.3 Å². The van der Waals surface area contributed by atoms with Crippen LogP contribution in [0.2, 0.25) is 0 Å². The number of furan rings is 1. The molecular weight excluding hydrogens is 294 g/mol. The molecule has 2 aromatic heterocycles. The lowest BCUT2D eigenvalue weighted by molar-refractivity contribution is 0.188. The van der Waals surface area contributed by atoms with Crippen LogP contribution < -0.4 is 0 Å². The molecule has 1 atom stereocenters. The molecule has 0 bridgehead atoms. The Morgan fingerprint density at radius 3 is 2.83 bits per heavy atom. The predicted molar refractivity (Wildman–Crippen MR) is 72.2 cm³/mol. The molecule has 2 heterocycles. The van der Waals surface area contributed by atoms with Crippen molar-refractivity contribution >= 4 is 26.8 Å². The molecule has 18 heavy (non-hydrogen) atoms. The van der Waals surface area contributed by atoms with Gasteiger partial charge in [-0.15, -0.1) is 0 Å². The standard InChI is InChI=1S/C14H10BrNO2/c15-11-5-6-18-14(11)13(17)10-7-9-3-1-2-4-12(9)16-8-10/h1-8,13,17H. The van der Waals surface area contributed by atoms with E-state index in [1.54, 1.807) is 12.3 Å². The van der Waals surface area contributed by atoms with Crippen molar-refractivity contribution in [2.45, 2.75) is 6.10 Å². The van der Waals surface area contributed by atoms with Gasteiger partial charge in [-0.3, -0.25) is 4.98 Å². The van der Waals surface area contributed by atoms with Gasteiger partial charge in [0.2, 0.25) is 0 Å². The van der Waals surface area contributed by atoms with E-state index in [1.807, 2.05) is 30.3 Å². The normalized spacial score (nSPS) is 12.8. The molecule has 1 aromatic carbocycles. The zero-order valence-electron chi connectivity index (χ0n) is 9.38. The Labute approximate surface area is 112 Å². The molecule has 3 aromatic rings. The largest absolute Gasteiger partial charge is 0.465 e. The summed E-state index contributed by atoms with van der Waals surface area (Å²) in [5.41, 5.74) is 1.62. The highest BCUT2D eigenvalue weighted by Crippen LogP contribution is 2.30. The smallest absolute Gasteiger partial charge is 0.151 e. The fraction of sp³-hybridized carbons (Fsp3) is 0.0714. The Bertz CT molecular complexity index is 693. The van der Waals surface area contributed by atoms with E-state index in [0.29, 0.717) is 11.3 Å². The Kier molecular flexibility index (Phi) is 2.89. The van der Waals surface area contributed by atoms with Crippen molar-refractivity contribution in [3.8, 4) is 0 Å². The molecule has 3 rings (SSSR count). The first-order valence-corrected chi connectivity index (χ1v) is 6.30. The lowest BCUT2D eigenvalue weighted by atomic mass is 10.1.